The topological polar surface area (TPSA) is 9.23 Å². The van der Waals surface area contributed by atoms with Crippen molar-refractivity contribution in [2.45, 2.75) is 5.60 Å². The minimum Gasteiger partial charge on any atom is -0.358 e. The molecule has 1 aromatic carbocycles. The molecule has 1 heteroatoms. The molecule has 0 heterocycles. The highest BCUT2D eigenvalue weighted by atomic mass is 16.5. The van der Waals surface area contributed by atoms with E-state index >= 15 is 0 Å². The van der Waals surface area contributed by atoms with Gasteiger partial charge in [0.25, 0.3) is 0 Å². The first kappa shape index (κ1) is 11.5. The van der Waals surface area contributed by atoms with Gasteiger partial charge < -0.3 is 4.74 Å². The van der Waals surface area contributed by atoms with Gasteiger partial charge in [-0.25, -0.2) is 0 Å². The minimum atomic E-state index is -0.616. The molecule has 1 rings (SSSR count). The number of hydrogen-bond donors (Lipinski definition) is 0. The smallest absolute Gasteiger partial charge is 0.129 e. The van der Waals surface area contributed by atoms with Gasteiger partial charge in [-0.3, -0.25) is 0 Å². The fourth-order valence-corrected chi connectivity index (χ4v) is 1.42. The third-order valence-electron chi connectivity index (χ3n) is 2.27. The Labute approximate surface area is 91.4 Å². The number of hydrogen-bond acceptors (Lipinski definition) is 1. The summed E-state index contributed by atoms with van der Waals surface area (Å²) in [6.07, 6.45) is 5.21. The third kappa shape index (κ3) is 2.45. The van der Waals surface area contributed by atoms with Crippen molar-refractivity contribution in [1.82, 2.24) is 0 Å². The van der Waals surface area contributed by atoms with E-state index in [9.17, 15) is 0 Å². The normalized spacial score (nSPS) is 10.7. The van der Waals surface area contributed by atoms with Gasteiger partial charge in [0.05, 0.1) is 6.61 Å². The van der Waals surface area contributed by atoms with Gasteiger partial charge in [-0.2, -0.15) is 0 Å². The summed E-state index contributed by atoms with van der Waals surface area (Å²) < 4.78 is 5.71. The molecule has 0 spiro atoms. The maximum atomic E-state index is 5.71. The molecule has 0 unspecified atom stereocenters. The predicted molar refractivity (Wildman–Crippen MR) is 64.7 cm³/mol. The summed E-state index contributed by atoms with van der Waals surface area (Å²) in [5.41, 5.74) is 0.409. The first-order valence-electron chi connectivity index (χ1n) is 4.86. The summed E-state index contributed by atoms with van der Waals surface area (Å²) in [6, 6.07) is 9.88. The molecule has 0 fully saturated rings. The average Bonchev–Trinajstić information content (AvgIpc) is 2.33. The van der Waals surface area contributed by atoms with Crippen molar-refractivity contribution in [2.75, 3.05) is 6.61 Å². The van der Waals surface area contributed by atoms with Crippen LogP contribution in [0.15, 0.2) is 68.3 Å². The second-order valence-corrected chi connectivity index (χ2v) is 3.17. The quantitative estimate of drug-likeness (QED) is 0.639. The van der Waals surface area contributed by atoms with Crippen LogP contribution < -0.4 is 0 Å². The average molecular weight is 200 g/mol. The van der Waals surface area contributed by atoms with Crippen LogP contribution in [0.3, 0.4) is 0 Å². The molecule has 0 bridgehead atoms. The van der Waals surface area contributed by atoms with Crippen LogP contribution in [0.1, 0.15) is 5.56 Å². The van der Waals surface area contributed by atoms with E-state index in [0.717, 1.165) is 5.56 Å². The summed E-state index contributed by atoms with van der Waals surface area (Å²) >= 11 is 0. The molecule has 0 aromatic heterocycles. The van der Waals surface area contributed by atoms with Gasteiger partial charge in [0.2, 0.25) is 0 Å². The largest absolute Gasteiger partial charge is 0.358 e. The standard InChI is InChI=1S/C14H16O/c1-4-12-15-14(5-2,6-3)13-10-8-7-9-11-13/h4-11H,1-3,12H2. The molecule has 0 aliphatic rings. The second-order valence-electron chi connectivity index (χ2n) is 3.17. The van der Waals surface area contributed by atoms with Crippen LogP contribution in [-0.2, 0) is 10.3 Å². The van der Waals surface area contributed by atoms with Crippen LogP contribution in [0.5, 0.6) is 0 Å². The maximum absolute atomic E-state index is 5.71. The van der Waals surface area contributed by atoms with Gasteiger partial charge in [-0.15, -0.1) is 6.58 Å². The molecule has 0 saturated carbocycles. The molecule has 1 aromatic rings. The Bertz CT molecular complexity index is 330. The summed E-state index contributed by atoms with van der Waals surface area (Å²) in [7, 11) is 0. The number of benzene rings is 1. The first-order chi connectivity index (χ1) is 7.29. The fraction of sp³-hybridized carbons (Fsp3) is 0.143. The molecule has 0 N–H and O–H groups in total. The lowest BCUT2D eigenvalue weighted by Crippen LogP contribution is -2.24. The Morgan fingerprint density at radius 2 is 1.67 bits per heavy atom. The van der Waals surface area contributed by atoms with Gasteiger partial charge in [-0.05, 0) is 5.56 Å². The van der Waals surface area contributed by atoms with Crippen molar-refractivity contribution in [3.05, 3.63) is 73.9 Å². The van der Waals surface area contributed by atoms with Gasteiger partial charge in [0.1, 0.15) is 5.60 Å². The van der Waals surface area contributed by atoms with Crippen molar-refractivity contribution >= 4 is 0 Å². The zero-order valence-electron chi connectivity index (χ0n) is 8.86. The van der Waals surface area contributed by atoms with E-state index in [-0.39, 0.29) is 0 Å². The summed E-state index contributed by atoms with van der Waals surface area (Å²) in [4.78, 5) is 0. The molecule has 78 valence electrons. The minimum absolute atomic E-state index is 0.465. The van der Waals surface area contributed by atoms with E-state index in [1.165, 1.54) is 0 Å². The monoisotopic (exact) mass is 200 g/mol. The summed E-state index contributed by atoms with van der Waals surface area (Å²) in [5.74, 6) is 0. The Morgan fingerprint density at radius 1 is 1.07 bits per heavy atom. The molecule has 0 amide bonds. The van der Waals surface area contributed by atoms with Gasteiger partial charge >= 0.3 is 0 Å². The highest BCUT2D eigenvalue weighted by Crippen LogP contribution is 2.28. The van der Waals surface area contributed by atoms with E-state index in [2.05, 4.69) is 19.7 Å². The molecule has 0 aliphatic heterocycles. The van der Waals surface area contributed by atoms with Crippen molar-refractivity contribution in [3.63, 3.8) is 0 Å². The zero-order chi connectivity index (χ0) is 11.1. The third-order valence-corrected chi connectivity index (χ3v) is 2.27. The molecular formula is C14H16O. The Hall–Kier alpha value is -1.60. The highest BCUT2D eigenvalue weighted by Gasteiger charge is 2.24. The highest BCUT2D eigenvalue weighted by molar-refractivity contribution is 5.32. The Balaban J connectivity index is 3.05. The molecule has 0 atom stereocenters. The van der Waals surface area contributed by atoms with Crippen LogP contribution in [-0.4, -0.2) is 6.61 Å². The van der Waals surface area contributed by atoms with Crippen LogP contribution in [0.4, 0.5) is 0 Å². The summed E-state index contributed by atoms with van der Waals surface area (Å²) in [5, 5.41) is 0. The Kier molecular flexibility index (Phi) is 4.07. The predicted octanol–water partition coefficient (Wildman–Crippen LogP) is 3.46. The first-order valence-corrected chi connectivity index (χ1v) is 4.86. The van der Waals surface area contributed by atoms with E-state index in [1.807, 2.05) is 30.3 Å². The lowest BCUT2D eigenvalue weighted by molar-refractivity contribution is 0.0455. The zero-order valence-corrected chi connectivity index (χ0v) is 8.86. The van der Waals surface area contributed by atoms with Crippen molar-refractivity contribution in [3.8, 4) is 0 Å². The van der Waals surface area contributed by atoms with Crippen molar-refractivity contribution in [1.29, 1.82) is 0 Å². The lowest BCUT2D eigenvalue weighted by Gasteiger charge is -2.27. The molecule has 15 heavy (non-hydrogen) atoms. The number of rotatable bonds is 6. The van der Waals surface area contributed by atoms with Crippen LogP contribution in [0.2, 0.25) is 0 Å². The van der Waals surface area contributed by atoms with E-state index in [1.54, 1.807) is 18.2 Å². The molecule has 0 saturated heterocycles. The molecular weight excluding hydrogens is 184 g/mol. The maximum Gasteiger partial charge on any atom is 0.129 e. The molecule has 0 aliphatic carbocycles. The Morgan fingerprint density at radius 3 is 2.13 bits per heavy atom. The van der Waals surface area contributed by atoms with Crippen LogP contribution in [0, 0.1) is 0 Å². The van der Waals surface area contributed by atoms with E-state index < -0.39 is 5.60 Å². The van der Waals surface area contributed by atoms with Gasteiger partial charge in [-0.1, -0.05) is 61.7 Å². The summed E-state index contributed by atoms with van der Waals surface area (Å²) in [6.45, 7) is 11.7. The molecule has 0 radical (unpaired) electrons. The molecule has 1 nitrogen and oxygen atoms in total. The van der Waals surface area contributed by atoms with Crippen LogP contribution >= 0.6 is 0 Å². The van der Waals surface area contributed by atoms with E-state index in [4.69, 9.17) is 4.74 Å². The van der Waals surface area contributed by atoms with Crippen molar-refractivity contribution in [2.24, 2.45) is 0 Å². The van der Waals surface area contributed by atoms with Crippen LogP contribution in [0.25, 0.3) is 0 Å². The SMILES string of the molecule is C=CCOC(C=C)(C=C)c1ccccc1. The van der Waals surface area contributed by atoms with E-state index in [0.29, 0.717) is 6.61 Å². The van der Waals surface area contributed by atoms with Crippen molar-refractivity contribution < 1.29 is 4.74 Å². The van der Waals surface area contributed by atoms with Gasteiger partial charge in [0, 0.05) is 0 Å². The second kappa shape index (κ2) is 5.32. The lowest BCUT2D eigenvalue weighted by atomic mass is 9.94. The number of ether oxygens (including phenoxy) is 1. The van der Waals surface area contributed by atoms with Gasteiger partial charge in [0.15, 0.2) is 0 Å². The fourth-order valence-electron chi connectivity index (χ4n) is 1.42.